The van der Waals surface area contributed by atoms with Crippen LogP contribution in [0.15, 0.2) is 60.3 Å². The number of allylic oxidation sites excluding steroid dienone is 1. The summed E-state index contributed by atoms with van der Waals surface area (Å²) < 4.78 is 58.6. The Hall–Kier alpha value is -3.28. The molecule has 4 rings (SSSR count). The van der Waals surface area contributed by atoms with Gasteiger partial charge in [-0.05, 0) is 52.3 Å². The van der Waals surface area contributed by atoms with Crippen molar-refractivity contribution in [2.45, 2.75) is 24.2 Å². The zero-order valence-electron chi connectivity index (χ0n) is 20.5. The van der Waals surface area contributed by atoms with E-state index in [1.807, 2.05) is 25.1 Å². The Bertz CT molecular complexity index is 1330. The van der Waals surface area contributed by atoms with Crippen molar-refractivity contribution >= 4 is 16.9 Å². The first-order valence-electron chi connectivity index (χ1n) is 11.4. The third kappa shape index (κ3) is 4.86. The number of alkyl halides is 3. The molecule has 192 valence electrons. The average Bonchev–Trinajstić information content (AvgIpc) is 3.16. The summed E-state index contributed by atoms with van der Waals surface area (Å²) in [5.41, 5.74) is 5.36. The van der Waals surface area contributed by atoms with Crippen molar-refractivity contribution < 1.29 is 17.6 Å². The number of nitrogens with zero attached hydrogens (tertiary/aromatic N) is 4. The molecule has 2 atom stereocenters. The van der Waals surface area contributed by atoms with Crippen molar-refractivity contribution in [3.63, 3.8) is 0 Å². The van der Waals surface area contributed by atoms with E-state index in [4.69, 9.17) is 5.73 Å². The van der Waals surface area contributed by atoms with E-state index in [-0.39, 0.29) is 17.3 Å². The Morgan fingerprint density at radius 2 is 1.94 bits per heavy atom. The molecule has 2 aromatic heterocycles. The molecule has 0 spiro atoms. The molecule has 0 aliphatic heterocycles. The number of nitrogens with one attached hydrogen (secondary N) is 2. The number of halogens is 4. The van der Waals surface area contributed by atoms with Crippen molar-refractivity contribution in [3.05, 3.63) is 65.9 Å². The molecule has 36 heavy (non-hydrogen) atoms. The third-order valence-electron chi connectivity index (χ3n) is 6.51. The van der Waals surface area contributed by atoms with Crippen LogP contribution < -0.4 is 16.4 Å². The molecule has 11 heteroatoms. The van der Waals surface area contributed by atoms with Gasteiger partial charge in [-0.15, -0.1) is 0 Å². The first-order chi connectivity index (χ1) is 16.9. The number of anilines is 1. The van der Waals surface area contributed by atoms with Gasteiger partial charge in [0.15, 0.2) is 0 Å². The Morgan fingerprint density at radius 3 is 2.61 bits per heavy atom. The summed E-state index contributed by atoms with van der Waals surface area (Å²) in [6, 6.07) is 6.50. The lowest BCUT2D eigenvalue weighted by Gasteiger charge is -2.38. The van der Waals surface area contributed by atoms with E-state index in [9.17, 15) is 13.2 Å². The standard InChI is InChI=1S/C25H29F4N7/c1-31-24(9-10-35(2)3)12-18(26)19(11-21(24)30)33-23-32-13-17(25(27,28)29)22(34-23)16-14-36(4)20-8-6-5-7-15(16)20/h5-8,11-14,21,31H,9-10,30H2,1-4H3,(H,32,33,34). The number of likely N-dealkylation sites (N-methyl/N-ethyl adjacent to an activating group) is 1. The van der Waals surface area contributed by atoms with Gasteiger partial charge in [0.2, 0.25) is 5.95 Å². The van der Waals surface area contributed by atoms with Gasteiger partial charge >= 0.3 is 6.18 Å². The number of rotatable bonds is 7. The number of benzene rings is 1. The fourth-order valence-electron chi connectivity index (χ4n) is 4.43. The number of hydrogen-bond donors (Lipinski definition) is 3. The van der Waals surface area contributed by atoms with Crippen LogP contribution in [-0.2, 0) is 13.2 Å². The van der Waals surface area contributed by atoms with E-state index in [0.717, 1.165) is 5.52 Å². The van der Waals surface area contributed by atoms with Crippen LogP contribution in [0.25, 0.3) is 22.2 Å². The molecule has 1 aliphatic carbocycles. The molecule has 0 amide bonds. The lowest BCUT2D eigenvalue weighted by atomic mass is 9.82. The van der Waals surface area contributed by atoms with Crippen molar-refractivity contribution in [1.82, 2.24) is 24.8 Å². The van der Waals surface area contributed by atoms with E-state index < -0.39 is 29.1 Å². The molecule has 1 aliphatic rings. The second-order valence-corrected chi connectivity index (χ2v) is 9.19. The molecule has 0 saturated carbocycles. The first-order valence-corrected chi connectivity index (χ1v) is 11.4. The highest BCUT2D eigenvalue weighted by Crippen LogP contribution is 2.39. The molecule has 7 nitrogen and oxygen atoms in total. The second kappa shape index (κ2) is 9.64. The van der Waals surface area contributed by atoms with Crippen LogP contribution >= 0.6 is 0 Å². The Labute approximate surface area is 206 Å². The summed E-state index contributed by atoms with van der Waals surface area (Å²) in [4.78, 5) is 10.0. The molecule has 0 radical (unpaired) electrons. The van der Waals surface area contributed by atoms with E-state index in [0.29, 0.717) is 30.1 Å². The summed E-state index contributed by atoms with van der Waals surface area (Å²) in [7, 11) is 7.28. The first kappa shape index (κ1) is 25.8. The smallest absolute Gasteiger partial charge is 0.350 e. The zero-order valence-corrected chi connectivity index (χ0v) is 20.5. The summed E-state index contributed by atoms with van der Waals surface area (Å²) in [6.07, 6.45) is 1.08. The Kier molecular flexibility index (Phi) is 6.91. The van der Waals surface area contributed by atoms with Crippen LogP contribution in [0.4, 0.5) is 23.5 Å². The highest BCUT2D eigenvalue weighted by molar-refractivity contribution is 5.96. The van der Waals surface area contributed by atoms with Crippen LogP contribution in [0, 0.1) is 0 Å². The van der Waals surface area contributed by atoms with E-state index in [2.05, 4.69) is 20.6 Å². The fraction of sp³-hybridized carbons (Fsp3) is 0.360. The third-order valence-corrected chi connectivity index (χ3v) is 6.51. The molecule has 2 heterocycles. The number of fused-ring (bicyclic) bond motifs is 1. The largest absolute Gasteiger partial charge is 0.419 e. The normalized spacial score (nSPS) is 20.6. The summed E-state index contributed by atoms with van der Waals surface area (Å²) >= 11 is 0. The fourth-order valence-corrected chi connectivity index (χ4v) is 4.43. The van der Waals surface area contributed by atoms with Gasteiger partial charge in [0.1, 0.15) is 11.4 Å². The van der Waals surface area contributed by atoms with E-state index in [1.165, 1.54) is 12.2 Å². The van der Waals surface area contributed by atoms with Gasteiger partial charge in [-0.2, -0.15) is 13.2 Å². The van der Waals surface area contributed by atoms with Crippen LogP contribution in [0.2, 0.25) is 0 Å². The predicted octanol–water partition coefficient (Wildman–Crippen LogP) is 4.05. The maximum absolute atomic E-state index is 15.2. The van der Waals surface area contributed by atoms with Gasteiger partial charge in [-0.3, -0.25) is 0 Å². The molecule has 2 unspecified atom stereocenters. The van der Waals surface area contributed by atoms with Gasteiger partial charge in [-0.25, -0.2) is 14.4 Å². The predicted molar refractivity (Wildman–Crippen MR) is 133 cm³/mol. The number of nitrogens with two attached hydrogens (primary N) is 1. The molecular weight excluding hydrogens is 474 g/mol. The van der Waals surface area contributed by atoms with Crippen molar-refractivity contribution in [2.75, 3.05) is 33.0 Å². The molecule has 4 N–H and O–H groups in total. The van der Waals surface area contributed by atoms with Crippen LogP contribution in [0.5, 0.6) is 0 Å². The number of aromatic nitrogens is 3. The summed E-state index contributed by atoms with van der Waals surface area (Å²) in [6.45, 7) is 0.672. The lowest BCUT2D eigenvalue weighted by molar-refractivity contribution is -0.137. The van der Waals surface area contributed by atoms with Crippen LogP contribution in [0.3, 0.4) is 0 Å². The molecule has 0 saturated heterocycles. The highest BCUT2D eigenvalue weighted by atomic mass is 19.4. The number of para-hydroxylation sites is 1. The molecular formula is C25H29F4N7. The van der Waals surface area contributed by atoms with Gasteiger partial charge in [-0.1, -0.05) is 18.2 Å². The molecule has 1 aromatic carbocycles. The van der Waals surface area contributed by atoms with Gasteiger partial charge in [0.25, 0.3) is 0 Å². The Balaban J connectivity index is 1.73. The minimum absolute atomic E-state index is 0.00172. The summed E-state index contributed by atoms with van der Waals surface area (Å²) in [5.74, 6) is -0.766. The van der Waals surface area contributed by atoms with Crippen molar-refractivity contribution in [1.29, 1.82) is 0 Å². The second-order valence-electron chi connectivity index (χ2n) is 9.19. The van der Waals surface area contributed by atoms with Crippen molar-refractivity contribution in [2.24, 2.45) is 12.8 Å². The van der Waals surface area contributed by atoms with Gasteiger partial charge < -0.3 is 25.8 Å². The maximum Gasteiger partial charge on any atom is 0.419 e. The van der Waals surface area contributed by atoms with E-state index >= 15 is 4.39 Å². The summed E-state index contributed by atoms with van der Waals surface area (Å²) in [5, 5.41) is 6.46. The quantitative estimate of drug-likeness (QED) is 0.422. The maximum atomic E-state index is 15.2. The number of aryl methyl sites for hydroxylation is 1. The van der Waals surface area contributed by atoms with Crippen LogP contribution in [-0.4, -0.2) is 58.7 Å². The SMILES string of the molecule is CNC1(CCN(C)C)C=C(F)C(Nc2ncc(C(F)(F)F)c(-c3cn(C)c4ccccc34)n2)=CC1N. The number of hydrogen-bond acceptors (Lipinski definition) is 6. The van der Waals surface area contributed by atoms with Crippen LogP contribution in [0.1, 0.15) is 12.0 Å². The minimum atomic E-state index is -4.68. The topological polar surface area (TPSA) is 84.0 Å². The van der Waals surface area contributed by atoms with Gasteiger partial charge in [0.05, 0.1) is 16.9 Å². The lowest BCUT2D eigenvalue weighted by Crippen LogP contribution is -2.57. The van der Waals surface area contributed by atoms with Gasteiger partial charge in [0, 0.05) is 41.9 Å². The Morgan fingerprint density at radius 1 is 1.22 bits per heavy atom. The molecule has 3 aromatic rings. The zero-order chi connectivity index (χ0) is 26.3. The van der Waals surface area contributed by atoms with E-state index in [1.54, 1.807) is 43.1 Å². The molecule has 0 fully saturated rings. The average molecular weight is 504 g/mol. The molecule has 0 bridgehead atoms. The minimum Gasteiger partial charge on any atom is -0.350 e. The van der Waals surface area contributed by atoms with Crippen molar-refractivity contribution in [3.8, 4) is 11.3 Å². The highest BCUT2D eigenvalue weighted by Gasteiger charge is 2.38. The monoisotopic (exact) mass is 503 g/mol.